The van der Waals surface area contributed by atoms with Crippen molar-refractivity contribution >= 4 is 10.1 Å². The Morgan fingerprint density at radius 3 is 2.38 bits per heavy atom. The van der Waals surface area contributed by atoms with Gasteiger partial charge >= 0.3 is 0 Å². The van der Waals surface area contributed by atoms with E-state index in [-0.39, 0.29) is 23.7 Å². The van der Waals surface area contributed by atoms with Gasteiger partial charge in [0.2, 0.25) is 0 Å². The first kappa shape index (κ1) is 11.6. The summed E-state index contributed by atoms with van der Waals surface area (Å²) in [6.45, 7) is 3.88. The lowest BCUT2D eigenvalue weighted by atomic mass is 10.2. The SMILES string of the molecule is Cc1ccc(S(=O)(=O)OC[C@H]2O[C@@H]2C)cc1. The quantitative estimate of drug-likeness (QED) is 0.593. The first-order valence-corrected chi connectivity index (χ1v) is 6.51. The molecule has 0 amide bonds. The Kier molecular flexibility index (Phi) is 3.01. The fourth-order valence-corrected chi connectivity index (χ4v) is 2.25. The zero-order chi connectivity index (χ0) is 11.8. The molecular weight excluding hydrogens is 228 g/mol. The highest BCUT2D eigenvalue weighted by Crippen LogP contribution is 2.23. The van der Waals surface area contributed by atoms with Gasteiger partial charge in [0.25, 0.3) is 10.1 Å². The van der Waals surface area contributed by atoms with E-state index in [1.807, 2.05) is 13.8 Å². The van der Waals surface area contributed by atoms with Crippen LogP contribution in [0.25, 0.3) is 0 Å². The largest absolute Gasteiger partial charge is 0.367 e. The molecule has 1 saturated heterocycles. The van der Waals surface area contributed by atoms with Crippen LogP contribution in [0.15, 0.2) is 29.2 Å². The summed E-state index contributed by atoms with van der Waals surface area (Å²) in [4.78, 5) is 0.186. The van der Waals surface area contributed by atoms with E-state index in [0.29, 0.717) is 0 Å². The lowest BCUT2D eigenvalue weighted by Gasteiger charge is -2.04. The van der Waals surface area contributed by atoms with Crippen LogP contribution in [0.4, 0.5) is 0 Å². The number of epoxide rings is 1. The van der Waals surface area contributed by atoms with Crippen LogP contribution >= 0.6 is 0 Å². The molecule has 4 nitrogen and oxygen atoms in total. The van der Waals surface area contributed by atoms with E-state index < -0.39 is 10.1 Å². The second-order valence-electron chi connectivity index (χ2n) is 3.93. The van der Waals surface area contributed by atoms with E-state index in [2.05, 4.69) is 0 Å². The first-order valence-electron chi connectivity index (χ1n) is 5.10. The Morgan fingerprint density at radius 2 is 1.88 bits per heavy atom. The predicted octanol–water partition coefficient (Wildman–Crippen LogP) is 1.49. The molecule has 2 rings (SSSR count). The van der Waals surface area contributed by atoms with E-state index in [0.717, 1.165) is 5.56 Å². The van der Waals surface area contributed by atoms with Gasteiger partial charge in [-0.1, -0.05) is 17.7 Å². The molecule has 0 unspecified atom stereocenters. The van der Waals surface area contributed by atoms with Crippen LogP contribution in [0.2, 0.25) is 0 Å². The summed E-state index contributed by atoms with van der Waals surface area (Å²) in [5.41, 5.74) is 1.01. The maximum atomic E-state index is 11.7. The zero-order valence-electron chi connectivity index (χ0n) is 9.21. The van der Waals surface area contributed by atoms with E-state index in [1.54, 1.807) is 24.3 Å². The second-order valence-corrected chi connectivity index (χ2v) is 5.55. The van der Waals surface area contributed by atoms with Gasteiger partial charge in [0, 0.05) is 0 Å². The lowest BCUT2D eigenvalue weighted by Crippen LogP contribution is -2.11. The minimum Gasteiger partial charge on any atom is -0.367 e. The fraction of sp³-hybridized carbons (Fsp3) is 0.455. The molecule has 2 atom stereocenters. The molecule has 0 N–H and O–H groups in total. The third kappa shape index (κ3) is 2.61. The van der Waals surface area contributed by atoms with Crippen LogP contribution in [0, 0.1) is 6.92 Å². The molecule has 0 radical (unpaired) electrons. The molecule has 1 aromatic carbocycles. The van der Waals surface area contributed by atoms with Crippen LogP contribution < -0.4 is 0 Å². The number of ether oxygens (including phenoxy) is 1. The summed E-state index contributed by atoms with van der Waals surface area (Å²) in [6.07, 6.45) is 0.0217. The number of rotatable bonds is 4. The van der Waals surface area contributed by atoms with Gasteiger partial charge in [-0.05, 0) is 26.0 Å². The maximum Gasteiger partial charge on any atom is 0.297 e. The van der Waals surface area contributed by atoms with Crippen molar-refractivity contribution in [1.29, 1.82) is 0 Å². The van der Waals surface area contributed by atoms with Crippen LogP contribution in [-0.2, 0) is 19.0 Å². The van der Waals surface area contributed by atoms with Gasteiger partial charge in [0.1, 0.15) is 6.10 Å². The van der Waals surface area contributed by atoms with E-state index in [1.165, 1.54) is 0 Å². The zero-order valence-corrected chi connectivity index (χ0v) is 10.0. The van der Waals surface area contributed by atoms with Gasteiger partial charge < -0.3 is 4.74 Å². The van der Waals surface area contributed by atoms with Crippen molar-refractivity contribution in [1.82, 2.24) is 0 Å². The molecule has 88 valence electrons. The minimum atomic E-state index is -3.64. The fourth-order valence-electron chi connectivity index (χ4n) is 1.33. The summed E-state index contributed by atoms with van der Waals surface area (Å²) in [7, 11) is -3.64. The minimum absolute atomic E-state index is 0.0831. The van der Waals surface area contributed by atoms with Gasteiger partial charge in [0.05, 0.1) is 17.6 Å². The van der Waals surface area contributed by atoms with Gasteiger partial charge in [-0.3, -0.25) is 4.18 Å². The molecule has 0 spiro atoms. The van der Waals surface area contributed by atoms with Crippen LogP contribution in [0.3, 0.4) is 0 Å². The van der Waals surface area contributed by atoms with E-state index in [4.69, 9.17) is 8.92 Å². The van der Waals surface area contributed by atoms with Crippen molar-refractivity contribution in [3.8, 4) is 0 Å². The summed E-state index contributed by atoms with van der Waals surface area (Å²) >= 11 is 0. The molecule has 0 aromatic heterocycles. The first-order chi connectivity index (χ1) is 7.49. The summed E-state index contributed by atoms with van der Waals surface area (Å²) < 4.78 is 33.4. The highest BCUT2D eigenvalue weighted by Gasteiger charge is 2.35. The Balaban J connectivity index is 2.03. The van der Waals surface area contributed by atoms with Crippen LogP contribution in [0.1, 0.15) is 12.5 Å². The average Bonchev–Trinajstić information content (AvgIpc) is 2.93. The molecule has 0 bridgehead atoms. The van der Waals surface area contributed by atoms with Gasteiger partial charge in [-0.15, -0.1) is 0 Å². The Morgan fingerprint density at radius 1 is 1.31 bits per heavy atom. The molecule has 1 aromatic rings. The topological polar surface area (TPSA) is 55.9 Å². The molecule has 0 aliphatic carbocycles. The molecule has 1 fully saturated rings. The highest BCUT2D eigenvalue weighted by molar-refractivity contribution is 7.86. The standard InChI is InChI=1S/C11H14O4S/c1-8-3-5-10(6-4-8)16(12,13)14-7-11-9(2)15-11/h3-6,9,11H,7H2,1-2H3/t9-,11-/m1/s1. The lowest BCUT2D eigenvalue weighted by molar-refractivity contribution is 0.264. The Hall–Kier alpha value is -0.910. The molecule has 1 heterocycles. The van der Waals surface area contributed by atoms with Crippen molar-refractivity contribution in [2.24, 2.45) is 0 Å². The van der Waals surface area contributed by atoms with Gasteiger partial charge in [0.15, 0.2) is 0 Å². The molecular formula is C11H14O4S. The summed E-state index contributed by atoms with van der Waals surface area (Å²) in [6, 6.07) is 6.57. The number of benzene rings is 1. The number of aryl methyl sites for hydroxylation is 1. The predicted molar refractivity (Wildman–Crippen MR) is 58.7 cm³/mol. The summed E-state index contributed by atoms with van der Waals surface area (Å²) in [5, 5.41) is 0. The second kappa shape index (κ2) is 4.16. The summed E-state index contributed by atoms with van der Waals surface area (Å²) in [5.74, 6) is 0. The van der Waals surface area contributed by atoms with Crippen molar-refractivity contribution < 1.29 is 17.3 Å². The maximum absolute atomic E-state index is 11.7. The van der Waals surface area contributed by atoms with Gasteiger partial charge in [-0.2, -0.15) is 8.42 Å². The smallest absolute Gasteiger partial charge is 0.297 e. The van der Waals surface area contributed by atoms with Crippen molar-refractivity contribution in [2.75, 3.05) is 6.61 Å². The van der Waals surface area contributed by atoms with Crippen LogP contribution in [0.5, 0.6) is 0 Å². The third-order valence-corrected chi connectivity index (χ3v) is 3.83. The van der Waals surface area contributed by atoms with Crippen molar-refractivity contribution in [2.45, 2.75) is 31.0 Å². The Bertz CT molecular complexity index is 463. The highest BCUT2D eigenvalue weighted by atomic mass is 32.2. The van der Waals surface area contributed by atoms with E-state index >= 15 is 0 Å². The molecule has 0 saturated carbocycles. The molecule has 1 aliphatic heterocycles. The average molecular weight is 242 g/mol. The molecule has 16 heavy (non-hydrogen) atoms. The number of hydrogen-bond acceptors (Lipinski definition) is 4. The monoisotopic (exact) mass is 242 g/mol. The third-order valence-electron chi connectivity index (χ3n) is 2.53. The van der Waals surface area contributed by atoms with Gasteiger partial charge in [-0.25, -0.2) is 0 Å². The Labute approximate surface area is 95.3 Å². The normalized spacial score (nSPS) is 24.4. The van der Waals surface area contributed by atoms with Crippen molar-refractivity contribution in [3.05, 3.63) is 29.8 Å². The number of hydrogen-bond donors (Lipinski definition) is 0. The van der Waals surface area contributed by atoms with Crippen LogP contribution in [-0.4, -0.2) is 27.2 Å². The molecule has 5 heteroatoms. The van der Waals surface area contributed by atoms with Crippen molar-refractivity contribution in [3.63, 3.8) is 0 Å². The molecule has 1 aliphatic rings. The van der Waals surface area contributed by atoms with E-state index in [9.17, 15) is 8.42 Å².